The van der Waals surface area contributed by atoms with Crippen LogP contribution in [0.2, 0.25) is 0 Å². The SMILES string of the molecule is NC(Cc1ccc2c(c1)CCC2)C1CCc2ccccc21. The standard InChI is InChI=1S/C20H23N/c21-20(19-11-10-16-4-1-2-7-18(16)19)13-14-8-9-15-5-3-6-17(15)12-14/h1-2,4,7-9,12,19-20H,3,5-6,10-11,13,21H2. The van der Waals surface area contributed by atoms with Gasteiger partial charge in [0.05, 0.1) is 0 Å². The predicted molar refractivity (Wildman–Crippen MR) is 87.7 cm³/mol. The molecule has 0 saturated heterocycles. The molecule has 2 unspecified atom stereocenters. The molecule has 0 radical (unpaired) electrons. The van der Waals surface area contributed by atoms with E-state index >= 15 is 0 Å². The minimum atomic E-state index is 0.244. The van der Waals surface area contributed by atoms with Crippen LogP contribution >= 0.6 is 0 Å². The van der Waals surface area contributed by atoms with Crippen molar-refractivity contribution in [3.63, 3.8) is 0 Å². The molecule has 2 aromatic rings. The summed E-state index contributed by atoms with van der Waals surface area (Å²) in [6.45, 7) is 0. The number of aryl methyl sites for hydroxylation is 3. The molecule has 21 heavy (non-hydrogen) atoms. The second-order valence-corrected chi connectivity index (χ2v) is 6.67. The zero-order valence-corrected chi connectivity index (χ0v) is 12.5. The topological polar surface area (TPSA) is 26.0 Å². The number of hydrogen-bond acceptors (Lipinski definition) is 1. The maximum absolute atomic E-state index is 6.57. The molecule has 0 spiro atoms. The van der Waals surface area contributed by atoms with Gasteiger partial charge in [-0.15, -0.1) is 0 Å². The van der Waals surface area contributed by atoms with E-state index in [0.29, 0.717) is 5.92 Å². The van der Waals surface area contributed by atoms with E-state index in [9.17, 15) is 0 Å². The van der Waals surface area contributed by atoms with E-state index in [1.807, 2.05) is 0 Å². The van der Waals surface area contributed by atoms with Gasteiger partial charge in [0, 0.05) is 6.04 Å². The molecule has 2 N–H and O–H groups in total. The molecule has 0 fully saturated rings. The molecule has 1 nitrogen and oxygen atoms in total. The molecular formula is C20H23N. The van der Waals surface area contributed by atoms with Crippen molar-refractivity contribution in [2.24, 2.45) is 5.73 Å². The summed E-state index contributed by atoms with van der Waals surface area (Å²) in [6.07, 6.45) is 7.25. The quantitative estimate of drug-likeness (QED) is 0.908. The van der Waals surface area contributed by atoms with E-state index in [4.69, 9.17) is 5.73 Å². The summed E-state index contributed by atoms with van der Waals surface area (Å²) < 4.78 is 0. The fourth-order valence-electron chi connectivity index (χ4n) is 4.20. The fraction of sp³-hybridized carbons (Fsp3) is 0.400. The molecule has 0 saturated carbocycles. The molecule has 2 aliphatic carbocycles. The molecule has 0 amide bonds. The minimum absolute atomic E-state index is 0.244. The molecule has 4 rings (SSSR count). The van der Waals surface area contributed by atoms with Crippen LogP contribution in [0.1, 0.15) is 46.6 Å². The Hall–Kier alpha value is -1.60. The Bertz CT molecular complexity index is 659. The lowest BCUT2D eigenvalue weighted by atomic mass is 9.89. The number of benzene rings is 2. The van der Waals surface area contributed by atoms with E-state index in [-0.39, 0.29) is 6.04 Å². The molecule has 0 heterocycles. The van der Waals surface area contributed by atoms with Crippen LogP contribution in [-0.2, 0) is 25.7 Å². The third kappa shape index (κ3) is 2.40. The van der Waals surface area contributed by atoms with Gasteiger partial charge < -0.3 is 5.73 Å². The highest BCUT2D eigenvalue weighted by atomic mass is 14.7. The monoisotopic (exact) mass is 277 g/mol. The van der Waals surface area contributed by atoms with Crippen molar-refractivity contribution in [3.05, 3.63) is 70.3 Å². The molecule has 108 valence electrons. The van der Waals surface area contributed by atoms with E-state index in [1.165, 1.54) is 48.8 Å². The van der Waals surface area contributed by atoms with Gasteiger partial charge in [-0.1, -0.05) is 42.5 Å². The number of fused-ring (bicyclic) bond motifs is 2. The Morgan fingerprint density at radius 2 is 1.81 bits per heavy atom. The van der Waals surface area contributed by atoms with Crippen LogP contribution in [0, 0.1) is 0 Å². The number of rotatable bonds is 3. The van der Waals surface area contributed by atoms with Crippen LogP contribution in [0.4, 0.5) is 0 Å². The van der Waals surface area contributed by atoms with Gasteiger partial charge in [0.1, 0.15) is 0 Å². The third-order valence-electron chi connectivity index (χ3n) is 5.33. The third-order valence-corrected chi connectivity index (χ3v) is 5.33. The Labute approximate surface area is 127 Å². The zero-order valence-electron chi connectivity index (χ0n) is 12.5. The van der Waals surface area contributed by atoms with Crippen LogP contribution in [0.25, 0.3) is 0 Å². The average Bonchev–Trinajstić information content (AvgIpc) is 3.13. The molecule has 2 aromatic carbocycles. The predicted octanol–water partition coefficient (Wildman–Crippen LogP) is 3.78. The fourth-order valence-corrected chi connectivity index (χ4v) is 4.20. The first kappa shape index (κ1) is 13.1. The van der Waals surface area contributed by atoms with Crippen LogP contribution in [0.15, 0.2) is 42.5 Å². The molecule has 2 atom stereocenters. The first-order chi connectivity index (χ1) is 10.3. The van der Waals surface area contributed by atoms with Crippen molar-refractivity contribution < 1.29 is 0 Å². The van der Waals surface area contributed by atoms with Gasteiger partial charge in [-0.05, 0) is 72.3 Å². The van der Waals surface area contributed by atoms with Crippen LogP contribution in [0.3, 0.4) is 0 Å². The minimum Gasteiger partial charge on any atom is -0.327 e. The van der Waals surface area contributed by atoms with Crippen LogP contribution in [0.5, 0.6) is 0 Å². The van der Waals surface area contributed by atoms with E-state index in [1.54, 1.807) is 11.1 Å². The van der Waals surface area contributed by atoms with Gasteiger partial charge in [0.15, 0.2) is 0 Å². The summed E-state index contributed by atoms with van der Waals surface area (Å²) in [5, 5.41) is 0. The highest BCUT2D eigenvalue weighted by molar-refractivity contribution is 5.38. The Morgan fingerprint density at radius 3 is 2.76 bits per heavy atom. The Balaban J connectivity index is 1.53. The molecule has 0 bridgehead atoms. The van der Waals surface area contributed by atoms with E-state index < -0.39 is 0 Å². The molecule has 2 aliphatic rings. The summed E-state index contributed by atoms with van der Waals surface area (Å²) in [5.74, 6) is 0.537. The average molecular weight is 277 g/mol. The highest BCUT2D eigenvalue weighted by Crippen LogP contribution is 2.35. The lowest BCUT2D eigenvalue weighted by Crippen LogP contribution is -2.29. The van der Waals surface area contributed by atoms with Crippen molar-refractivity contribution in [3.8, 4) is 0 Å². The highest BCUT2D eigenvalue weighted by Gasteiger charge is 2.27. The van der Waals surface area contributed by atoms with Crippen molar-refractivity contribution in [1.82, 2.24) is 0 Å². The van der Waals surface area contributed by atoms with Gasteiger partial charge in [0.2, 0.25) is 0 Å². The molecule has 0 aromatic heterocycles. The van der Waals surface area contributed by atoms with Crippen molar-refractivity contribution in [2.45, 2.75) is 50.5 Å². The van der Waals surface area contributed by atoms with E-state index in [0.717, 1.165) is 6.42 Å². The summed E-state index contributed by atoms with van der Waals surface area (Å²) in [5.41, 5.74) is 14.1. The normalized spacial score (nSPS) is 21.1. The van der Waals surface area contributed by atoms with Gasteiger partial charge in [0.25, 0.3) is 0 Å². The summed E-state index contributed by atoms with van der Waals surface area (Å²) >= 11 is 0. The summed E-state index contributed by atoms with van der Waals surface area (Å²) in [7, 11) is 0. The lowest BCUT2D eigenvalue weighted by Gasteiger charge is -2.21. The van der Waals surface area contributed by atoms with E-state index in [2.05, 4.69) is 42.5 Å². The van der Waals surface area contributed by atoms with Crippen LogP contribution < -0.4 is 5.73 Å². The van der Waals surface area contributed by atoms with Gasteiger partial charge in [-0.3, -0.25) is 0 Å². The number of hydrogen-bond donors (Lipinski definition) is 1. The molecular weight excluding hydrogens is 254 g/mol. The van der Waals surface area contributed by atoms with Crippen molar-refractivity contribution in [1.29, 1.82) is 0 Å². The van der Waals surface area contributed by atoms with Crippen molar-refractivity contribution >= 4 is 0 Å². The second-order valence-electron chi connectivity index (χ2n) is 6.67. The van der Waals surface area contributed by atoms with Gasteiger partial charge in [-0.25, -0.2) is 0 Å². The summed E-state index contributed by atoms with van der Waals surface area (Å²) in [4.78, 5) is 0. The largest absolute Gasteiger partial charge is 0.327 e. The smallest absolute Gasteiger partial charge is 0.0149 e. The number of nitrogens with two attached hydrogens (primary N) is 1. The van der Waals surface area contributed by atoms with Gasteiger partial charge >= 0.3 is 0 Å². The molecule has 0 aliphatic heterocycles. The van der Waals surface area contributed by atoms with Crippen LogP contribution in [-0.4, -0.2) is 6.04 Å². The van der Waals surface area contributed by atoms with Crippen molar-refractivity contribution in [2.75, 3.05) is 0 Å². The van der Waals surface area contributed by atoms with Gasteiger partial charge in [-0.2, -0.15) is 0 Å². The molecule has 1 heteroatoms. The second kappa shape index (κ2) is 5.31. The summed E-state index contributed by atoms with van der Waals surface area (Å²) in [6, 6.07) is 16.1. The maximum atomic E-state index is 6.57. The maximum Gasteiger partial charge on any atom is 0.0149 e. The Kier molecular flexibility index (Phi) is 3.31. The first-order valence-corrected chi connectivity index (χ1v) is 8.25. The Morgan fingerprint density at radius 1 is 0.952 bits per heavy atom. The first-order valence-electron chi connectivity index (χ1n) is 8.25. The lowest BCUT2D eigenvalue weighted by molar-refractivity contribution is 0.525. The zero-order chi connectivity index (χ0) is 14.2.